The fourth-order valence-electron chi connectivity index (χ4n) is 15.0. The third-order valence-corrected chi connectivity index (χ3v) is 18.8. The lowest BCUT2D eigenvalue weighted by Crippen LogP contribution is -2.25. The van der Waals surface area contributed by atoms with Gasteiger partial charge in [-0.3, -0.25) is 0 Å². The summed E-state index contributed by atoms with van der Waals surface area (Å²) in [4.78, 5) is 4.81. The average molecular weight is 1130 g/mol. The van der Waals surface area contributed by atoms with Crippen molar-refractivity contribution in [2.75, 3.05) is 9.80 Å². The molecular formula is C85H55N3O. The molecule has 1 unspecified atom stereocenters. The molecule has 1 atom stereocenters. The lowest BCUT2D eigenvalue weighted by atomic mass is 9.70. The highest BCUT2D eigenvalue weighted by Gasteiger charge is 2.52. The van der Waals surface area contributed by atoms with Gasteiger partial charge in [0.1, 0.15) is 5.58 Å². The van der Waals surface area contributed by atoms with Crippen molar-refractivity contribution in [1.82, 2.24) is 4.57 Å². The summed E-state index contributed by atoms with van der Waals surface area (Å²) in [5.41, 5.74) is 27.7. The van der Waals surface area contributed by atoms with Gasteiger partial charge in [-0.05, 0) is 175 Å². The van der Waals surface area contributed by atoms with Gasteiger partial charge in [0.15, 0.2) is 5.58 Å². The molecule has 0 radical (unpaired) electrons. The van der Waals surface area contributed by atoms with Crippen LogP contribution in [0.15, 0.2) is 338 Å². The fraction of sp³-hybridized carbons (Fsp3) is 0.0118. The number of benzene rings is 14. The van der Waals surface area contributed by atoms with Crippen molar-refractivity contribution in [3.05, 3.63) is 356 Å². The highest BCUT2D eigenvalue weighted by Crippen LogP contribution is 2.65. The van der Waals surface area contributed by atoms with Crippen LogP contribution >= 0.6 is 0 Å². The van der Waals surface area contributed by atoms with Crippen molar-refractivity contribution in [3.8, 4) is 61.3 Å². The van der Waals surface area contributed by atoms with E-state index in [2.05, 4.69) is 348 Å². The van der Waals surface area contributed by atoms with Crippen LogP contribution in [-0.2, 0) is 5.41 Å². The fourth-order valence-corrected chi connectivity index (χ4v) is 15.0. The molecule has 0 N–H and O–H groups in total. The molecule has 4 nitrogen and oxygen atoms in total. The van der Waals surface area contributed by atoms with Crippen molar-refractivity contribution in [1.29, 1.82) is 0 Å². The zero-order valence-electron chi connectivity index (χ0n) is 48.5. The number of rotatable bonds is 10. The summed E-state index contributed by atoms with van der Waals surface area (Å²) in [6.07, 6.45) is 0. The number of hydrogen-bond donors (Lipinski definition) is 0. The van der Waals surface area contributed by atoms with Crippen LogP contribution in [0, 0.1) is 0 Å². The number of aromatic nitrogens is 1. The first-order chi connectivity index (χ1) is 44.2. The first-order valence-corrected chi connectivity index (χ1v) is 30.6. The molecule has 416 valence electrons. The van der Waals surface area contributed by atoms with Gasteiger partial charge >= 0.3 is 0 Å². The van der Waals surface area contributed by atoms with E-state index in [0.29, 0.717) is 0 Å². The second-order valence-corrected chi connectivity index (χ2v) is 23.5. The van der Waals surface area contributed by atoms with Crippen molar-refractivity contribution < 1.29 is 4.42 Å². The van der Waals surface area contributed by atoms with Crippen molar-refractivity contribution in [3.63, 3.8) is 0 Å². The van der Waals surface area contributed by atoms with E-state index in [1.54, 1.807) is 0 Å². The average Bonchev–Trinajstić information content (AvgIpc) is 1.51. The monoisotopic (exact) mass is 1130 g/mol. The van der Waals surface area contributed by atoms with E-state index < -0.39 is 5.41 Å². The second kappa shape index (κ2) is 20.2. The maximum atomic E-state index is 6.99. The summed E-state index contributed by atoms with van der Waals surface area (Å²) in [6, 6.07) is 122. The molecule has 0 fully saturated rings. The Hall–Kier alpha value is -11.7. The first kappa shape index (κ1) is 50.6. The summed E-state index contributed by atoms with van der Waals surface area (Å²) in [7, 11) is 0. The van der Waals surface area contributed by atoms with E-state index in [4.69, 9.17) is 4.42 Å². The molecule has 0 saturated carbocycles. The first-order valence-electron chi connectivity index (χ1n) is 30.6. The van der Waals surface area contributed by atoms with Crippen molar-refractivity contribution in [2.24, 2.45) is 0 Å². The van der Waals surface area contributed by atoms with Crippen molar-refractivity contribution >= 4 is 77.9 Å². The third kappa shape index (κ3) is 7.80. The molecular weight excluding hydrogens is 1080 g/mol. The van der Waals surface area contributed by atoms with Gasteiger partial charge in [-0.25, -0.2) is 0 Å². The molecule has 2 aromatic heterocycles. The van der Waals surface area contributed by atoms with Gasteiger partial charge < -0.3 is 18.8 Å². The Morgan fingerprint density at radius 3 is 1.51 bits per heavy atom. The Morgan fingerprint density at radius 1 is 0.281 bits per heavy atom. The zero-order valence-corrected chi connectivity index (χ0v) is 48.5. The minimum atomic E-state index is -0.626. The topological polar surface area (TPSA) is 24.6 Å². The number of para-hydroxylation sites is 5. The van der Waals surface area contributed by atoms with Crippen LogP contribution in [0.25, 0.3) is 105 Å². The van der Waals surface area contributed by atoms with Crippen LogP contribution in [0.5, 0.6) is 0 Å². The summed E-state index contributed by atoms with van der Waals surface area (Å²) in [5.74, 6) is 0. The largest absolute Gasteiger partial charge is 0.454 e. The molecule has 1 spiro atoms. The summed E-state index contributed by atoms with van der Waals surface area (Å²) < 4.78 is 9.44. The molecule has 2 aliphatic rings. The summed E-state index contributed by atoms with van der Waals surface area (Å²) in [5, 5.41) is 4.67. The standard InChI is InChI=1S/C85H55N3O/c1-5-22-56(23-6-1)58-40-45-64(46-41-58)86(62-26-9-3-10-27-62)66-52-61(53-67(55-66)87(65-47-42-59(43-48-65)57-24-7-2-8-25-57)80-38-21-34-71-70-31-16-20-39-81(70)89-84(71)80)60-44-49-69-68-30-13-17-35-74(68)85(77(69)54-60)75-36-18-14-32-72(75)82-76(85)50-51-79-83(82)73-33-15-19-37-78(73)88(79)63-28-11-4-12-29-63/h1-55H. The number of furan rings is 1. The zero-order chi connectivity index (χ0) is 58.6. The highest BCUT2D eigenvalue weighted by atomic mass is 16.3. The van der Waals surface area contributed by atoms with Crippen LogP contribution < -0.4 is 9.80 Å². The van der Waals surface area contributed by atoms with E-state index >= 15 is 0 Å². The molecule has 0 saturated heterocycles. The van der Waals surface area contributed by atoms with Gasteiger partial charge in [-0.1, -0.05) is 237 Å². The van der Waals surface area contributed by atoms with Gasteiger partial charge in [-0.2, -0.15) is 0 Å². The quantitative estimate of drug-likeness (QED) is 0.136. The van der Waals surface area contributed by atoms with E-state index in [1.165, 1.54) is 77.4 Å². The van der Waals surface area contributed by atoms with Crippen LogP contribution in [0.3, 0.4) is 0 Å². The van der Waals surface area contributed by atoms with Crippen LogP contribution in [0.4, 0.5) is 34.1 Å². The van der Waals surface area contributed by atoms with E-state index in [1.807, 2.05) is 0 Å². The number of fused-ring (bicyclic) bond motifs is 17. The molecule has 0 amide bonds. The lowest BCUT2D eigenvalue weighted by Gasteiger charge is -2.31. The second-order valence-electron chi connectivity index (χ2n) is 23.5. The lowest BCUT2D eigenvalue weighted by molar-refractivity contribution is 0.669. The minimum Gasteiger partial charge on any atom is -0.454 e. The third-order valence-electron chi connectivity index (χ3n) is 18.8. The molecule has 16 aromatic rings. The minimum absolute atomic E-state index is 0.626. The summed E-state index contributed by atoms with van der Waals surface area (Å²) in [6.45, 7) is 0. The number of nitrogens with zero attached hydrogens (tertiary/aromatic N) is 3. The number of anilines is 6. The summed E-state index contributed by atoms with van der Waals surface area (Å²) >= 11 is 0. The number of hydrogen-bond acceptors (Lipinski definition) is 3. The van der Waals surface area contributed by atoms with Crippen LogP contribution in [0.2, 0.25) is 0 Å². The highest BCUT2D eigenvalue weighted by molar-refractivity contribution is 6.19. The van der Waals surface area contributed by atoms with Gasteiger partial charge in [0.25, 0.3) is 0 Å². The Kier molecular flexibility index (Phi) is 11.5. The molecule has 4 heteroatoms. The predicted octanol–water partition coefficient (Wildman–Crippen LogP) is 23.0. The Morgan fingerprint density at radius 2 is 0.798 bits per heavy atom. The maximum absolute atomic E-state index is 6.99. The van der Waals surface area contributed by atoms with Gasteiger partial charge in [0.2, 0.25) is 0 Å². The van der Waals surface area contributed by atoms with Gasteiger partial charge in [0.05, 0.1) is 22.1 Å². The molecule has 2 aliphatic carbocycles. The SMILES string of the molecule is c1ccc(-c2ccc(N(c3ccccc3)c3cc(-c4ccc5c(c4)C4(c6ccccc6-5)c5ccccc5-c5c4ccc4c5c5ccccc5n4-c4ccccc4)cc(N(c4ccc(-c5ccccc5)cc4)c4cccc5c4oc4ccccc45)c3)cc2)cc1. The molecule has 89 heavy (non-hydrogen) atoms. The Balaban J connectivity index is 0.902. The molecule has 0 aliphatic heterocycles. The molecule has 0 bridgehead atoms. The van der Waals surface area contributed by atoms with Crippen LogP contribution in [0.1, 0.15) is 22.3 Å². The smallest absolute Gasteiger partial charge is 0.159 e. The predicted molar refractivity (Wildman–Crippen MR) is 370 cm³/mol. The van der Waals surface area contributed by atoms with E-state index in [0.717, 1.165) is 84.0 Å². The van der Waals surface area contributed by atoms with Gasteiger partial charge in [0, 0.05) is 55.7 Å². The van der Waals surface area contributed by atoms with E-state index in [-0.39, 0.29) is 0 Å². The van der Waals surface area contributed by atoms with E-state index in [9.17, 15) is 0 Å². The molecule has 14 aromatic carbocycles. The molecule has 2 heterocycles. The van der Waals surface area contributed by atoms with Crippen molar-refractivity contribution in [2.45, 2.75) is 5.41 Å². The Labute approximate surface area is 516 Å². The maximum Gasteiger partial charge on any atom is 0.159 e. The molecule has 18 rings (SSSR count). The Bertz CT molecular complexity index is 5420. The van der Waals surface area contributed by atoms with Crippen LogP contribution in [-0.4, -0.2) is 4.57 Å². The van der Waals surface area contributed by atoms with Gasteiger partial charge in [-0.15, -0.1) is 0 Å². The normalized spacial score (nSPS) is 13.7.